The van der Waals surface area contributed by atoms with E-state index in [0.29, 0.717) is 5.92 Å². The first-order valence-corrected chi connectivity index (χ1v) is 12.4. The van der Waals surface area contributed by atoms with Crippen LogP contribution in [-0.2, 0) is 25.9 Å². The number of imidazole rings is 1. The van der Waals surface area contributed by atoms with Crippen LogP contribution in [0.15, 0.2) is 66.9 Å². The molecule has 2 heteroatoms. The maximum atomic E-state index is 2.66. The van der Waals surface area contributed by atoms with E-state index in [2.05, 4.69) is 96.8 Å². The van der Waals surface area contributed by atoms with Crippen LogP contribution in [0.25, 0.3) is 0 Å². The minimum atomic E-state index is 0.523. The molecule has 3 aromatic rings. The van der Waals surface area contributed by atoms with Gasteiger partial charge in [-0.25, -0.2) is 9.13 Å². The molecule has 2 nitrogen and oxygen atoms in total. The van der Waals surface area contributed by atoms with Crippen molar-refractivity contribution in [1.82, 2.24) is 4.57 Å². The van der Waals surface area contributed by atoms with Crippen molar-refractivity contribution in [2.75, 3.05) is 0 Å². The molecule has 1 unspecified atom stereocenters. The number of hydrogen-bond acceptors (Lipinski definition) is 0. The van der Waals surface area contributed by atoms with Gasteiger partial charge in [0, 0.05) is 6.42 Å². The molecular formula is C29H41N2+. The first-order chi connectivity index (χ1) is 15.2. The molecule has 0 saturated carbocycles. The summed E-state index contributed by atoms with van der Waals surface area (Å²) in [5.74, 6) is 2.00. The maximum absolute atomic E-state index is 2.66. The van der Waals surface area contributed by atoms with E-state index in [0.717, 1.165) is 25.9 Å². The Morgan fingerprint density at radius 2 is 1.45 bits per heavy atom. The molecule has 31 heavy (non-hydrogen) atoms. The number of aryl methyl sites for hydroxylation is 1. The fourth-order valence-electron chi connectivity index (χ4n) is 4.51. The molecule has 0 aliphatic carbocycles. The number of rotatable bonds is 13. The Morgan fingerprint density at radius 3 is 2.13 bits per heavy atom. The first kappa shape index (κ1) is 23.3. The average Bonchev–Trinajstić information content (AvgIpc) is 3.11. The van der Waals surface area contributed by atoms with Crippen LogP contribution in [0.4, 0.5) is 0 Å². The summed E-state index contributed by atoms with van der Waals surface area (Å²) >= 11 is 0. The second-order valence-electron chi connectivity index (χ2n) is 8.97. The van der Waals surface area contributed by atoms with Crippen LogP contribution in [-0.4, -0.2) is 4.57 Å². The van der Waals surface area contributed by atoms with E-state index in [1.54, 1.807) is 0 Å². The second-order valence-corrected chi connectivity index (χ2v) is 8.97. The van der Waals surface area contributed by atoms with Crippen molar-refractivity contribution in [3.63, 3.8) is 0 Å². The van der Waals surface area contributed by atoms with Crippen LogP contribution in [0.3, 0.4) is 0 Å². The van der Waals surface area contributed by atoms with E-state index in [9.17, 15) is 0 Å². The molecular weight excluding hydrogens is 376 g/mol. The molecule has 2 aromatic carbocycles. The molecule has 0 aliphatic rings. The van der Waals surface area contributed by atoms with E-state index in [1.165, 1.54) is 61.2 Å². The zero-order chi connectivity index (χ0) is 21.9. The molecule has 0 N–H and O–H groups in total. The van der Waals surface area contributed by atoms with Gasteiger partial charge in [-0.2, -0.15) is 0 Å². The van der Waals surface area contributed by atoms with Crippen LogP contribution in [0.2, 0.25) is 0 Å². The lowest BCUT2D eigenvalue weighted by Gasteiger charge is -2.12. The molecule has 3 rings (SSSR count). The highest BCUT2D eigenvalue weighted by Gasteiger charge is 2.24. The molecule has 0 radical (unpaired) electrons. The van der Waals surface area contributed by atoms with Crippen molar-refractivity contribution in [3.05, 3.63) is 89.5 Å². The normalized spacial score (nSPS) is 12.2. The van der Waals surface area contributed by atoms with Crippen molar-refractivity contribution in [3.8, 4) is 0 Å². The van der Waals surface area contributed by atoms with Gasteiger partial charge in [-0.3, -0.25) is 0 Å². The summed E-state index contributed by atoms with van der Waals surface area (Å²) in [5.41, 5.74) is 4.34. The third kappa shape index (κ3) is 6.82. The van der Waals surface area contributed by atoms with Gasteiger partial charge in [0.1, 0.15) is 11.9 Å². The van der Waals surface area contributed by atoms with Crippen molar-refractivity contribution in [1.29, 1.82) is 0 Å². The molecule has 1 aromatic heterocycles. The Bertz CT molecular complexity index is 880. The summed E-state index contributed by atoms with van der Waals surface area (Å²) in [5, 5.41) is 0. The highest BCUT2D eigenvalue weighted by atomic mass is 15.2. The molecule has 0 spiro atoms. The summed E-state index contributed by atoms with van der Waals surface area (Å²) in [6.45, 7) is 9.22. The van der Waals surface area contributed by atoms with Crippen molar-refractivity contribution in [2.45, 2.75) is 91.1 Å². The molecule has 1 heterocycles. The Hall–Kier alpha value is -2.35. The standard InChI is InChI=1S/C29H41N2/c1-4-6-14-20-30-24-28(22-25(3)27-18-12-9-13-19-27)31(21-15-7-5-2)29(30)23-26-16-10-8-11-17-26/h8-13,16-19,24-25H,4-7,14-15,20-23H2,1-3H3/q+1. The van der Waals surface area contributed by atoms with Crippen molar-refractivity contribution < 1.29 is 4.57 Å². The summed E-state index contributed by atoms with van der Waals surface area (Å²) in [4.78, 5) is 0. The van der Waals surface area contributed by atoms with Gasteiger partial charge in [-0.05, 0) is 42.7 Å². The summed E-state index contributed by atoms with van der Waals surface area (Å²) in [6.07, 6.45) is 12.2. The number of nitrogens with zero attached hydrogens (tertiary/aromatic N) is 2. The highest BCUT2D eigenvalue weighted by molar-refractivity contribution is 5.22. The SMILES string of the molecule is CCCCCn1c(CC(C)c2ccccc2)c[n+](CCCCC)c1Cc1ccccc1. The fourth-order valence-corrected chi connectivity index (χ4v) is 4.51. The van der Waals surface area contributed by atoms with E-state index in [4.69, 9.17) is 0 Å². The molecule has 0 saturated heterocycles. The van der Waals surface area contributed by atoms with E-state index >= 15 is 0 Å². The minimum Gasteiger partial charge on any atom is -0.234 e. The predicted molar refractivity (Wildman–Crippen MR) is 131 cm³/mol. The predicted octanol–water partition coefficient (Wildman–Crippen LogP) is 7.09. The zero-order valence-electron chi connectivity index (χ0n) is 19.9. The lowest BCUT2D eigenvalue weighted by Crippen LogP contribution is -2.37. The molecule has 0 aliphatic heterocycles. The second kappa shape index (κ2) is 12.5. The molecule has 1 atom stereocenters. The molecule has 0 amide bonds. The highest BCUT2D eigenvalue weighted by Crippen LogP contribution is 2.22. The minimum absolute atomic E-state index is 0.523. The Kier molecular flexibility index (Phi) is 9.39. The van der Waals surface area contributed by atoms with Gasteiger partial charge in [0.15, 0.2) is 0 Å². The number of hydrogen-bond donors (Lipinski definition) is 0. The van der Waals surface area contributed by atoms with Crippen LogP contribution in [0.5, 0.6) is 0 Å². The Balaban J connectivity index is 1.93. The fraction of sp³-hybridized carbons (Fsp3) is 0.483. The Labute approximate surface area is 190 Å². The van der Waals surface area contributed by atoms with Gasteiger partial charge in [-0.1, -0.05) is 94.3 Å². The topological polar surface area (TPSA) is 8.81 Å². The zero-order valence-corrected chi connectivity index (χ0v) is 19.9. The quantitative estimate of drug-likeness (QED) is 0.207. The summed E-state index contributed by atoms with van der Waals surface area (Å²) in [6, 6.07) is 22.0. The smallest absolute Gasteiger partial charge is 0.234 e. The largest absolute Gasteiger partial charge is 0.261 e. The number of aromatic nitrogens is 2. The first-order valence-electron chi connectivity index (χ1n) is 12.4. The summed E-state index contributed by atoms with van der Waals surface area (Å²) < 4.78 is 5.23. The number of unbranched alkanes of at least 4 members (excludes halogenated alkanes) is 4. The van der Waals surface area contributed by atoms with E-state index in [1.807, 2.05) is 0 Å². The third-order valence-electron chi connectivity index (χ3n) is 6.37. The Morgan fingerprint density at radius 1 is 0.806 bits per heavy atom. The van der Waals surface area contributed by atoms with Gasteiger partial charge < -0.3 is 0 Å². The monoisotopic (exact) mass is 417 g/mol. The van der Waals surface area contributed by atoms with Crippen LogP contribution in [0.1, 0.15) is 87.9 Å². The van der Waals surface area contributed by atoms with Crippen molar-refractivity contribution >= 4 is 0 Å². The van der Waals surface area contributed by atoms with Crippen LogP contribution < -0.4 is 4.57 Å². The van der Waals surface area contributed by atoms with Crippen molar-refractivity contribution in [2.24, 2.45) is 0 Å². The number of benzene rings is 2. The van der Waals surface area contributed by atoms with Gasteiger partial charge in [-0.15, -0.1) is 0 Å². The molecule has 0 fully saturated rings. The summed E-state index contributed by atoms with van der Waals surface area (Å²) in [7, 11) is 0. The van der Waals surface area contributed by atoms with E-state index in [-0.39, 0.29) is 0 Å². The molecule has 166 valence electrons. The van der Waals surface area contributed by atoms with Crippen LogP contribution in [0, 0.1) is 0 Å². The third-order valence-corrected chi connectivity index (χ3v) is 6.37. The lowest BCUT2D eigenvalue weighted by atomic mass is 9.96. The van der Waals surface area contributed by atoms with Gasteiger partial charge in [0.25, 0.3) is 5.82 Å². The van der Waals surface area contributed by atoms with E-state index < -0.39 is 0 Å². The lowest BCUT2D eigenvalue weighted by molar-refractivity contribution is -0.704. The van der Waals surface area contributed by atoms with Crippen LogP contribution >= 0.6 is 0 Å². The van der Waals surface area contributed by atoms with Gasteiger partial charge >= 0.3 is 0 Å². The molecule has 0 bridgehead atoms. The van der Waals surface area contributed by atoms with Gasteiger partial charge in [0.05, 0.1) is 19.5 Å². The maximum Gasteiger partial charge on any atom is 0.261 e. The van der Waals surface area contributed by atoms with Gasteiger partial charge in [0.2, 0.25) is 0 Å². The average molecular weight is 418 g/mol.